The Balaban J connectivity index is 1.70. The van der Waals surface area contributed by atoms with Gasteiger partial charge in [-0.3, -0.25) is 4.79 Å². The van der Waals surface area contributed by atoms with Gasteiger partial charge in [0, 0.05) is 5.41 Å². The number of ketones is 1. The molecular formula is C18H22O3. The van der Waals surface area contributed by atoms with Gasteiger partial charge in [0.25, 0.3) is 0 Å². The zero-order valence-electron chi connectivity index (χ0n) is 12.9. The number of hydrogen-bond acceptors (Lipinski definition) is 3. The normalized spacial score (nSPS) is 33.2. The molecule has 2 fully saturated rings. The molecule has 2 bridgehead atoms. The highest BCUT2D eigenvalue weighted by Gasteiger charge is 2.66. The standard InChI is InChI=1S/C18H22O3/c1-17(2)14-9-10-18(17,3)15(19)13(14)11-21-16(20)12-7-5-4-6-8-12/h4-8,13-14H,9-11H2,1-3H3/t13-,14-,18+/m1/s1. The SMILES string of the molecule is CC1(C)[C@@H]2CC[C@@]1(C)C(=O)[C@@H]2COC(=O)c1ccccc1. The molecule has 2 aliphatic rings. The lowest BCUT2D eigenvalue weighted by Gasteiger charge is -2.32. The molecule has 3 rings (SSSR count). The Bertz CT molecular complexity index is 575. The average Bonchev–Trinajstić information content (AvgIpc) is 2.78. The van der Waals surface area contributed by atoms with E-state index in [1.54, 1.807) is 12.1 Å². The Labute approximate surface area is 125 Å². The predicted octanol–water partition coefficient (Wildman–Crippen LogP) is 3.48. The molecule has 3 heteroatoms. The van der Waals surface area contributed by atoms with Crippen molar-refractivity contribution in [3.8, 4) is 0 Å². The van der Waals surface area contributed by atoms with Gasteiger partial charge in [-0.15, -0.1) is 0 Å². The van der Waals surface area contributed by atoms with E-state index in [9.17, 15) is 9.59 Å². The van der Waals surface area contributed by atoms with Crippen molar-refractivity contribution in [1.29, 1.82) is 0 Å². The van der Waals surface area contributed by atoms with E-state index in [0.29, 0.717) is 11.5 Å². The van der Waals surface area contributed by atoms with Gasteiger partial charge in [-0.05, 0) is 36.3 Å². The van der Waals surface area contributed by atoms with E-state index < -0.39 is 0 Å². The second kappa shape index (κ2) is 4.69. The summed E-state index contributed by atoms with van der Waals surface area (Å²) < 4.78 is 5.41. The summed E-state index contributed by atoms with van der Waals surface area (Å²) in [7, 11) is 0. The Kier molecular flexibility index (Phi) is 3.19. The average molecular weight is 286 g/mol. The molecule has 0 saturated heterocycles. The maximum absolute atomic E-state index is 12.7. The summed E-state index contributed by atoms with van der Waals surface area (Å²) in [5.41, 5.74) is 0.300. The highest BCUT2D eigenvalue weighted by molar-refractivity contribution is 5.93. The van der Waals surface area contributed by atoms with Crippen LogP contribution in [-0.4, -0.2) is 18.4 Å². The van der Waals surface area contributed by atoms with E-state index in [1.165, 1.54) is 0 Å². The number of hydrogen-bond donors (Lipinski definition) is 0. The molecule has 3 atom stereocenters. The second-order valence-electron chi connectivity index (χ2n) is 7.13. The van der Waals surface area contributed by atoms with Crippen molar-refractivity contribution in [2.75, 3.05) is 6.61 Å². The molecule has 3 nitrogen and oxygen atoms in total. The molecule has 112 valence electrons. The molecule has 0 spiro atoms. The van der Waals surface area contributed by atoms with Gasteiger partial charge in [-0.2, -0.15) is 0 Å². The van der Waals surface area contributed by atoms with Gasteiger partial charge in [-0.25, -0.2) is 4.79 Å². The van der Waals surface area contributed by atoms with Crippen LogP contribution in [-0.2, 0) is 9.53 Å². The Morgan fingerprint density at radius 2 is 1.90 bits per heavy atom. The van der Waals surface area contributed by atoms with Crippen LogP contribution >= 0.6 is 0 Å². The van der Waals surface area contributed by atoms with Crippen molar-refractivity contribution >= 4 is 11.8 Å². The van der Waals surface area contributed by atoms with Crippen LogP contribution in [0.4, 0.5) is 0 Å². The zero-order valence-corrected chi connectivity index (χ0v) is 12.9. The highest BCUT2D eigenvalue weighted by atomic mass is 16.5. The fourth-order valence-corrected chi connectivity index (χ4v) is 4.29. The first-order valence-electron chi connectivity index (χ1n) is 7.64. The minimum atomic E-state index is -0.339. The predicted molar refractivity (Wildman–Crippen MR) is 79.8 cm³/mol. The van der Waals surface area contributed by atoms with Gasteiger partial charge in [-0.1, -0.05) is 39.0 Å². The van der Waals surface area contributed by atoms with Gasteiger partial charge in [0.1, 0.15) is 12.4 Å². The lowest BCUT2D eigenvalue weighted by Crippen LogP contribution is -2.34. The number of carbonyl (C=O) groups excluding carboxylic acids is 2. The van der Waals surface area contributed by atoms with E-state index in [2.05, 4.69) is 20.8 Å². The summed E-state index contributed by atoms with van der Waals surface area (Å²) in [6, 6.07) is 8.94. The third-order valence-electron chi connectivity index (χ3n) is 6.07. The summed E-state index contributed by atoms with van der Waals surface area (Å²) in [6.07, 6.45) is 2.02. The van der Waals surface area contributed by atoms with Gasteiger partial charge in [0.15, 0.2) is 0 Å². The fraction of sp³-hybridized carbons (Fsp3) is 0.556. The van der Waals surface area contributed by atoms with E-state index >= 15 is 0 Å². The van der Waals surface area contributed by atoms with Crippen LogP contribution in [0.25, 0.3) is 0 Å². The minimum Gasteiger partial charge on any atom is -0.461 e. The summed E-state index contributed by atoms with van der Waals surface area (Å²) in [5, 5.41) is 0. The molecule has 1 aromatic carbocycles. The van der Waals surface area contributed by atoms with Crippen LogP contribution in [0.3, 0.4) is 0 Å². The maximum atomic E-state index is 12.7. The fourth-order valence-electron chi connectivity index (χ4n) is 4.29. The van der Waals surface area contributed by atoms with Crippen molar-refractivity contribution in [2.24, 2.45) is 22.7 Å². The number of fused-ring (bicyclic) bond motifs is 2. The lowest BCUT2D eigenvalue weighted by molar-refractivity contribution is -0.132. The molecule has 0 radical (unpaired) electrons. The number of benzene rings is 1. The van der Waals surface area contributed by atoms with Crippen molar-refractivity contribution in [2.45, 2.75) is 33.6 Å². The Morgan fingerprint density at radius 3 is 2.48 bits per heavy atom. The number of ether oxygens (including phenoxy) is 1. The monoisotopic (exact) mass is 286 g/mol. The van der Waals surface area contributed by atoms with Crippen LogP contribution in [0.5, 0.6) is 0 Å². The van der Waals surface area contributed by atoms with E-state index in [0.717, 1.165) is 12.8 Å². The molecule has 21 heavy (non-hydrogen) atoms. The first-order valence-corrected chi connectivity index (χ1v) is 7.64. The van der Waals surface area contributed by atoms with Gasteiger partial charge in [0.05, 0.1) is 11.5 Å². The molecule has 0 heterocycles. The maximum Gasteiger partial charge on any atom is 0.338 e. The molecule has 0 amide bonds. The number of esters is 1. The number of rotatable bonds is 3. The topological polar surface area (TPSA) is 43.4 Å². The number of carbonyl (C=O) groups is 2. The summed E-state index contributed by atoms with van der Waals surface area (Å²) in [6.45, 7) is 6.66. The van der Waals surface area contributed by atoms with Gasteiger partial charge >= 0.3 is 5.97 Å². The third-order valence-corrected chi connectivity index (χ3v) is 6.07. The molecule has 0 aliphatic heterocycles. The van der Waals surface area contributed by atoms with Crippen molar-refractivity contribution in [3.05, 3.63) is 35.9 Å². The third kappa shape index (κ3) is 1.94. The van der Waals surface area contributed by atoms with E-state index in [1.807, 2.05) is 18.2 Å². The van der Waals surface area contributed by atoms with Crippen LogP contribution in [0.1, 0.15) is 44.0 Å². The van der Waals surface area contributed by atoms with Crippen molar-refractivity contribution < 1.29 is 14.3 Å². The van der Waals surface area contributed by atoms with Crippen molar-refractivity contribution in [3.63, 3.8) is 0 Å². The van der Waals surface area contributed by atoms with Crippen LogP contribution in [0, 0.1) is 22.7 Å². The van der Waals surface area contributed by atoms with Gasteiger partial charge < -0.3 is 4.74 Å². The smallest absolute Gasteiger partial charge is 0.338 e. The summed E-state index contributed by atoms with van der Waals surface area (Å²) >= 11 is 0. The van der Waals surface area contributed by atoms with Crippen molar-refractivity contribution in [1.82, 2.24) is 0 Å². The first kappa shape index (κ1) is 14.3. The highest BCUT2D eigenvalue weighted by Crippen LogP contribution is 2.65. The molecular weight excluding hydrogens is 264 g/mol. The quantitative estimate of drug-likeness (QED) is 0.799. The molecule has 2 aliphatic carbocycles. The van der Waals surface area contributed by atoms with Gasteiger partial charge in [0.2, 0.25) is 0 Å². The summed E-state index contributed by atoms with van der Waals surface area (Å²) in [5.74, 6) is 0.142. The minimum absolute atomic E-state index is 0.00784. The van der Waals surface area contributed by atoms with Crippen LogP contribution < -0.4 is 0 Å². The molecule has 1 aromatic rings. The van der Waals surface area contributed by atoms with Crippen LogP contribution in [0.2, 0.25) is 0 Å². The molecule has 0 aromatic heterocycles. The number of Topliss-reactive ketones (excluding diaryl/α,β-unsaturated/α-hetero) is 1. The Morgan fingerprint density at radius 1 is 1.24 bits per heavy atom. The first-order chi connectivity index (χ1) is 9.88. The largest absolute Gasteiger partial charge is 0.461 e. The Hall–Kier alpha value is -1.64. The lowest BCUT2D eigenvalue weighted by atomic mass is 9.70. The van der Waals surface area contributed by atoms with E-state index in [-0.39, 0.29) is 35.1 Å². The zero-order chi connectivity index (χ0) is 15.3. The second-order valence-corrected chi connectivity index (χ2v) is 7.13. The molecule has 0 N–H and O–H groups in total. The van der Waals surface area contributed by atoms with E-state index in [4.69, 9.17) is 4.74 Å². The molecule has 2 saturated carbocycles. The molecule has 0 unspecified atom stereocenters. The summed E-state index contributed by atoms with van der Waals surface area (Å²) in [4.78, 5) is 24.7. The van der Waals surface area contributed by atoms with Crippen LogP contribution in [0.15, 0.2) is 30.3 Å².